The third kappa shape index (κ3) is 5.03. The zero-order valence-corrected chi connectivity index (χ0v) is 17.7. The highest BCUT2D eigenvalue weighted by Gasteiger charge is 2.35. The summed E-state index contributed by atoms with van der Waals surface area (Å²) in [6.45, 7) is 7.39. The molecule has 1 heterocycles. The van der Waals surface area contributed by atoms with Crippen molar-refractivity contribution in [3.63, 3.8) is 0 Å². The Labute approximate surface area is 167 Å². The molecule has 1 aromatic carbocycles. The molecular weight excluding hydrogens is 384 g/mol. The number of nitrogens with one attached hydrogen (secondary N) is 2. The molecule has 2 N–H and O–H groups in total. The van der Waals surface area contributed by atoms with Gasteiger partial charge in [0.05, 0.1) is 35.6 Å². The zero-order valence-electron chi connectivity index (χ0n) is 16.9. The Balaban J connectivity index is 2.23. The molecule has 1 aromatic rings. The molecule has 0 aromatic heterocycles. The first kappa shape index (κ1) is 21.7. The SMILES string of the molecule is COC(=O)C1=C(NC(C)CNC(=O)OC(C)(C)C)c2cc(OC)ccc2S1=O. The number of hydrogen-bond donors (Lipinski definition) is 2. The highest BCUT2D eigenvalue weighted by atomic mass is 32.2. The van der Waals surface area contributed by atoms with Crippen LogP contribution in [0, 0.1) is 0 Å². The molecule has 2 unspecified atom stereocenters. The molecule has 154 valence electrons. The maximum atomic E-state index is 12.8. The summed E-state index contributed by atoms with van der Waals surface area (Å²) in [6.07, 6.45) is -0.541. The average molecular weight is 410 g/mol. The molecule has 0 bridgehead atoms. The Morgan fingerprint density at radius 3 is 2.46 bits per heavy atom. The maximum Gasteiger partial charge on any atom is 0.407 e. The van der Waals surface area contributed by atoms with E-state index in [0.717, 1.165) is 0 Å². The van der Waals surface area contributed by atoms with Crippen LogP contribution in [0.3, 0.4) is 0 Å². The van der Waals surface area contributed by atoms with Crippen LogP contribution < -0.4 is 15.4 Å². The summed E-state index contributed by atoms with van der Waals surface area (Å²) >= 11 is 0. The van der Waals surface area contributed by atoms with Crippen LogP contribution in [0.2, 0.25) is 0 Å². The van der Waals surface area contributed by atoms with Gasteiger partial charge >= 0.3 is 12.1 Å². The molecule has 0 saturated heterocycles. The summed E-state index contributed by atoms with van der Waals surface area (Å²) < 4.78 is 28.0. The van der Waals surface area contributed by atoms with Crippen LogP contribution in [0.25, 0.3) is 5.70 Å². The van der Waals surface area contributed by atoms with E-state index in [1.54, 1.807) is 39.0 Å². The lowest BCUT2D eigenvalue weighted by molar-refractivity contribution is -0.135. The number of ether oxygens (including phenoxy) is 3. The van der Waals surface area contributed by atoms with Crippen molar-refractivity contribution in [2.45, 2.75) is 44.2 Å². The first-order valence-electron chi connectivity index (χ1n) is 8.73. The second kappa shape index (κ2) is 8.64. The largest absolute Gasteiger partial charge is 0.497 e. The lowest BCUT2D eigenvalue weighted by atomic mass is 10.1. The highest BCUT2D eigenvalue weighted by Crippen LogP contribution is 2.37. The van der Waals surface area contributed by atoms with Crippen molar-refractivity contribution in [3.8, 4) is 5.75 Å². The third-order valence-electron chi connectivity index (χ3n) is 3.78. The molecule has 0 saturated carbocycles. The summed E-state index contributed by atoms with van der Waals surface area (Å²) in [5.41, 5.74) is 0.402. The second-order valence-corrected chi connectivity index (χ2v) is 8.64. The predicted octanol–water partition coefficient (Wildman–Crippen LogP) is 2.16. The van der Waals surface area contributed by atoms with Crippen molar-refractivity contribution >= 4 is 28.6 Å². The molecule has 2 atom stereocenters. The van der Waals surface area contributed by atoms with Crippen LogP contribution >= 0.6 is 0 Å². The number of carbonyl (C=O) groups excluding carboxylic acids is 2. The molecule has 8 nitrogen and oxygen atoms in total. The number of alkyl carbamates (subject to hydrolysis) is 1. The van der Waals surface area contributed by atoms with Crippen molar-refractivity contribution in [1.29, 1.82) is 0 Å². The number of benzene rings is 1. The van der Waals surface area contributed by atoms with Gasteiger partial charge in [0.2, 0.25) is 0 Å². The fraction of sp³-hybridized carbons (Fsp3) is 0.474. The molecule has 9 heteroatoms. The Morgan fingerprint density at radius 2 is 1.89 bits per heavy atom. The van der Waals surface area contributed by atoms with E-state index in [2.05, 4.69) is 10.6 Å². The molecule has 1 aliphatic rings. The lowest BCUT2D eigenvalue weighted by Gasteiger charge is -2.22. The summed E-state index contributed by atoms with van der Waals surface area (Å²) in [7, 11) is 1.09. The van der Waals surface area contributed by atoms with Crippen LogP contribution in [0.5, 0.6) is 5.75 Å². The summed E-state index contributed by atoms with van der Waals surface area (Å²) in [4.78, 5) is 24.6. The fourth-order valence-electron chi connectivity index (χ4n) is 2.58. The number of fused-ring (bicyclic) bond motifs is 1. The Morgan fingerprint density at radius 1 is 1.21 bits per heavy atom. The molecule has 28 heavy (non-hydrogen) atoms. The van der Waals surface area contributed by atoms with E-state index in [1.165, 1.54) is 14.2 Å². The number of esters is 1. The summed E-state index contributed by atoms with van der Waals surface area (Å²) in [6, 6.07) is 4.77. The lowest BCUT2D eigenvalue weighted by Crippen LogP contribution is -2.40. The van der Waals surface area contributed by atoms with Crippen molar-refractivity contribution in [3.05, 3.63) is 28.7 Å². The second-order valence-electron chi connectivity index (χ2n) is 7.25. The van der Waals surface area contributed by atoms with Crippen LogP contribution in [0.15, 0.2) is 28.0 Å². The number of rotatable bonds is 6. The van der Waals surface area contributed by atoms with E-state index in [0.29, 0.717) is 21.9 Å². The number of methoxy groups -OCH3 is 2. The van der Waals surface area contributed by atoms with Gasteiger partial charge in [0.15, 0.2) is 4.91 Å². The van der Waals surface area contributed by atoms with Crippen molar-refractivity contribution in [1.82, 2.24) is 10.6 Å². The van der Waals surface area contributed by atoms with E-state index in [4.69, 9.17) is 14.2 Å². The number of hydrogen-bond acceptors (Lipinski definition) is 7. The average Bonchev–Trinajstić information content (AvgIpc) is 2.89. The maximum absolute atomic E-state index is 12.8. The Hall–Kier alpha value is -2.55. The molecule has 1 aliphatic heterocycles. The van der Waals surface area contributed by atoms with E-state index in [9.17, 15) is 13.8 Å². The van der Waals surface area contributed by atoms with Crippen molar-refractivity contribution < 1.29 is 28.0 Å². The quantitative estimate of drug-likeness (QED) is 0.693. The fourth-order valence-corrected chi connectivity index (χ4v) is 3.94. The minimum absolute atomic E-state index is 0.0369. The van der Waals surface area contributed by atoms with Gasteiger partial charge in [-0.1, -0.05) is 0 Å². The Bertz CT molecular complexity index is 828. The van der Waals surface area contributed by atoms with Crippen molar-refractivity contribution in [2.24, 2.45) is 0 Å². The van der Waals surface area contributed by atoms with E-state index >= 15 is 0 Å². The minimum atomic E-state index is -1.67. The molecule has 0 radical (unpaired) electrons. The Kier molecular flexibility index (Phi) is 6.71. The zero-order chi connectivity index (χ0) is 21.1. The topological polar surface area (TPSA) is 103 Å². The standard InChI is InChI=1S/C19H26N2O6S/c1-11(10-20-18(23)27-19(2,3)4)21-15-13-9-12(25-5)7-8-14(13)28(24)16(15)17(22)26-6/h7-9,11,21H,10H2,1-6H3,(H,20,23). The van der Waals surface area contributed by atoms with Gasteiger partial charge in [-0.15, -0.1) is 0 Å². The predicted molar refractivity (Wildman–Crippen MR) is 105 cm³/mol. The van der Waals surface area contributed by atoms with Crippen LogP contribution in [-0.2, 0) is 25.1 Å². The summed E-state index contributed by atoms with van der Waals surface area (Å²) in [5, 5.41) is 5.83. The molecule has 1 amide bonds. The van der Waals surface area contributed by atoms with Gasteiger partial charge in [0.1, 0.15) is 11.4 Å². The molecular formula is C19H26N2O6S. The molecule has 2 rings (SSSR count). The van der Waals surface area contributed by atoms with E-state index in [1.807, 2.05) is 6.92 Å². The molecule has 0 spiro atoms. The summed E-state index contributed by atoms with van der Waals surface area (Å²) in [5.74, 6) is -0.107. The van der Waals surface area contributed by atoms with E-state index in [-0.39, 0.29) is 17.5 Å². The third-order valence-corrected chi connectivity index (χ3v) is 5.28. The van der Waals surface area contributed by atoms with Gasteiger partial charge in [0, 0.05) is 18.2 Å². The normalized spacial score (nSPS) is 16.9. The number of carbonyl (C=O) groups is 2. The van der Waals surface area contributed by atoms with Gasteiger partial charge in [-0.3, -0.25) is 0 Å². The van der Waals surface area contributed by atoms with Gasteiger partial charge in [-0.05, 0) is 45.9 Å². The van der Waals surface area contributed by atoms with Crippen molar-refractivity contribution in [2.75, 3.05) is 20.8 Å². The smallest absolute Gasteiger partial charge is 0.407 e. The van der Waals surface area contributed by atoms with Gasteiger partial charge in [-0.25, -0.2) is 13.8 Å². The molecule has 0 aliphatic carbocycles. The first-order chi connectivity index (χ1) is 13.1. The first-order valence-corrected chi connectivity index (χ1v) is 9.88. The van der Waals surface area contributed by atoms with Gasteiger partial charge in [0.25, 0.3) is 0 Å². The highest BCUT2D eigenvalue weighted by molar-refractivity contribution is 7.90. The van der Waals surface area contributed by atoms with Crippen LogP contribution in [0.1, 0.15) is 33.3 Å². The van der Waals surface area contributed by atoms with Crippen LogP contribution in [-0.4, -0.2) is 48.7 Å². The monoisotopic (exact) mass is 410 g/mol. The molecule has 0 fully saturated rings. The van der Waals surface area contributed by atoms with Gasteiger partial charge < -0.3 is 24.8 Å². The van der Waals surface area contributed by atoms with Gasteiger partial charge in [-0.2, -0.15) is 0 Å². The minimum Gasteiger partial charge on any atom is -0.497 e. The number of amides is 1. The van der Waals surface area contributed by atoms with E-state index < -0.39 is 28.5 Å². The van der Waals surface area contributed by atoms with Crippen LogP contribution in [0.4, 0.5) is 4.79 Å².